The standard InChI is InChI=1S/C85H157NO10/c1-3-5-7-9-11-13-15-17-44-47-51-55-59-63-67-71-78(88)77(76-95-85-84(93)83(92)82(91)79(75-87)96-85)86-80(89)72-68-64-60-56-52-48-45-42-40-38-36-34-32-30-28-26-24-22-20-19-21-23-25-27-29-31-33-35-37-39-41-43-46-50-54-58-62-66-70-74-94-81(90)73-69-65-61-57-53-49-18-16-14-12-10-8-6-4-2/h15,17,19-20,23,25,51,55,67,71,77-79,82-85,87-88,91-93H,3-14,16,18,21-22,24,26-50,52-54,56-66,68-70,72-76H2,1-2H3,(H,86,89)/b17-15+,20-19-,25-23-,55-51+,71-67+. The fourth-order valence-corrected chi connectivity index (χ4v) is 13.1. The summed E-state index contributed by atoms with van der Waals surface area (Å²) in [4.78, 5) is 25.2. The molecule has 0 radical (unpaired) electrons. The molecule has 0 aromatic heterocycles. The van der Waals surface area contributed by atoms with Crippen molar-refractivity contribution in [3.8, 4) is 0 Å². The second-order valence-corrected chi connectivity index (χ2v) is 28.8. The predicted octanol–water partition coefficient (Wildman–Crippen LogP) is 22.8. The van der Waals surface area contributed by atoms with Crippen LogP contribution in [0.15, 0.2) is 60.8 Å². The molecule has 562 valence electrons. The molecule has 0 saturated carbocycles. The first kappa shape index (κ1) is 91.4. The number of aliphatic hydroxyl groups excluding tert-OH is 5. The second-order valence-electron chi connectivity index (χ2n) is 28.8. The molecule has 1 heterocycles. The van der Waals surface area contributed by atoms with Crippen LogP contribution in [0.25, 0.3) is 0 Å². The summed E-state index contributed by atoms with van der Waals surface area (Å²) < 4.78 is 16.8. The van der Waals surface area contributed by atoms with Crippen LogP contribution in [0.5, 0.6) is 0 Å². The Bertz CT molecular complexity index is 1780. The third kappa shape index (κ3) is 61.2. The van der Waals surface area contributed by atoms with Crippen LogP contribution in [-0.2, 0) is 23.8 Å². The Kier molecular flexibility index (Phi) is 70.0. The van der Waals surface area contributed by atoms with Crippen LogP contribution < -0.4 is 5.32 Å². The van der Waals surface area contributed by atoms with Crippen molar-refractivity contribution in [3.05, 3.63) is 60.8 Å². The minimum Gasteiger partial charge on any atom is -0.466 e. The highest BCUT2D eigenvalue weighted by Gasteiger charge is 2.44. The summed E-state index contributed by atoms with van der Waals surface area (Å²) in [6.45, 7) is 4.36. The van der Waals surface area contributed by atoms with E-state index in [9.17, 15) is 35.1 Å². The van der Waals surface area contributed by atoms with Crippen molar-refractivity contribution >= 4 is 11.9 Å². The van der Waals surface area contributed by atoms with Gasteiger partial charge in [-0.05, 0) is 89.9 Å². The van der Waals surface area contributed by atoms with Crippen LogP contribution in [0.3, 0.4) is 0 Å². The molecular formula is C85H157NO10. The first-order valence-corrected chi connectivity index (χ1v) is 41.6. The molecule has 7 atom stereocenters. The Morgan fingerprint density at radius 3 is 1.09 bits per heavy atom. The molecule has 1 aliphatic rings. The molecular weight excluding hydrogens is 1190 g/mol. The molecule has 0 aromatic rings. The number of carbonyl (C=O) groups excluding carboxylic acids is 2. The molecule has 0 spiro atoms. The maximum Gasteiger partial charge on any atom is 0.305 e. The zero-order chi connectivity index (χ0) is 69.4. The third-order valence-electron chi connectivity index (χ3n) is 19.6. The Morgan fingerprint density at radius 1 is 0.385 bits per heavy atom. The van der Waals surface area contributed by atoms with E-state index in [1.807, 2.05) is 6.08 Å². The molecule has 1 aliphatic heterocycles. The summed E-state index contributed by atoms with van der Waals surface area (Å²) in [5, 5.41) is 54.6. The molecule has 7 unspecified atom stereocenters. The van der Waals surface area contributed by atoms with Crippen molar-refractivity contribution in [1.29, 1.82) is 0 Å². The van der Waals surface area contributed by atoms with Crippen LogP contribution in [0.4, 0.5) is 0 Å². The van der Waals surface area contributed by atoms with E-state index < -0.39 is 49.5 Å². The number of allylic oxidation sites excluding steroid dienone is 9. The first-order valence-electron chi connectivity index (χ1n) is 41.6. The van der Waals surface area contributed by atoms with Gasteiger partial charge in [-0.3, -0.25) is 9.59 Å². The highest BCUT2D eigenvalue weighted by Crippen LogP contribution is 2.24. The second kappa shape index (κ2) is 73.6. The van der Waals surface area contributed by atoms with Gasteiger partial charge < -0.3 is 45.1 Å². The molecule has 0 bridgehead atoms. The molecule has 0 aromatic carbocycles. The van der Waals surface area contributed by atoms with E-state index >= 15 is 0 Å². The van der Waals surface area contributed by atoms with Gasteiger partial charge in [0.25, 0.3) is 0 Å². The van der Waals surface area contributed by atoms with Gasteiger partial charge in [0.2, 0.25) is 5.91 Å². The topological polar surface area (TPSA) is 175 Å². The van der Waals surface area contributed by atoms with Gasteiger partial charge in [0, 0.05) is 12.8 Å². The summed E-state index contributed by atoms with van der Waals surface area (Å²) in [5.74, 6) is -0.175. The van der Waals surface area contributed by atoms with Gasteiger partial charge in [0.05, 0.1) is 32.0 Å². The van der Waals surface area contributed by atoms with E-state index in [0.717, 1.165) is 70.6 Å². The van der Waals surface area contributed by atoms with Crippen molar-refractivity contribution in [2.24, 2.45) is 0 Å². The molecule has 96 heavy (non-hydrogen) atoms. The third-order valence-corrected chi connectivity index (χ3v) is 19.6. The minimum atomic E-state index is -1.58. The van der Waals surface area contributed by atoms with E-state index in [-0.39, 0.29) is 18.5 Å². The maximum atomic E-state index is 13.1. The number of unbranched alkanes of at least 4 members (excludes halogenated alkanes) is 52. The summed E-state index contributed by atoms with van der Waals surface area (Å²) in [5.41, 5.74) is 0. The van der Waals surface area contributed by atoms with Crippen molar-refractivity contribution in [1.82, 2.24) is 5.32 Å². The monoisotopic (exact) mass is 1350 g/mol. The molecule has 11 heteroatoms. The van der Waals surface area contributed by atoms with Gasteiger partial charge in [0.15, 0.2) is 6.29 Å². The summed E-state index contributed by atoms with van der Waals surface area (Å²) in [6, 6.07) is -0.834. The fraction of sp³-hybridized carbons (Fsp3) is 0.859. The quantitative estimate of drug-likeness (QED) is 0.0195. The van der Waals surface area contributed by atoms with E-state index in [1.54, 1.807) is 6.08 Å². The number of nitrogens with one attached hydrogen (secondary N) is 1. The van der Waals surface area contributed by atoms with Gasteiger partial charge in [0.1, 0.15) is 24.4 Å². The largest absolute Gasteiger partial charge is 0.466 e. The average molecular weight is 1350 g/mol. The number of carbonyl (C=O) groups is 2. The molecule has 1 fully saturated rings. The highest BCUT2D eigenvalue weighted by atomic mass is 16.7. The number of ether oxygens (including phenoxy) is 3. The van der Waals surface area contributed by atoms with E-state index in [0.29, 0.717) is 19.4 Å². The average Bonchev–Trinajstić information content (AvgIpc) is 0.845. The lowest BCUT2D eigenvalue weighted by Gasteiger charge is -2.40. The lowest BCUT2D eigenvalue weighted by Crippen LogP contribution is -2.60. The Hall–Kier alpha value is -2.64. The maximum absolute atomic E-state index is 13.1. The molecule has 6 N–H and O–H groups in total. The normalized spacial score (nSPS) is 17.6. The van der Waals surface area contributed by atoms with Crippen LogP contribution in [0.2, 0.25) is 0 Å². The molecule has 0 aliphatic carbocycles. The number of hydrogen-bond donors (Lipinski definition) is 6. The van der Waals surface area contributed by atoms with Gasteiger partial charge in [-0.2, -0.15) is 0 Å². The van der Waals surface area contributed by atoms with Gasteiger partial charge in [-0.1, -0.05) is 364 Å². The van der Waals surface area contributed by atoms with Crippen LogP contribution in [0, 0.1) is 0 Å². The van der Waals surface area contributed by atoms with E-state index in [2.05, 4.69) is 67.8 Å². The molecule has 1 saturated heterocycles. The fourth-order valence-electron chi connectivity index (χ4n) is 13.1. The van der Waals surface area contributed by atoms with Crippen LogP contribution >= 0.6 is 0 Å². The van der Waals surface area contributed by atoms with Gasteiger partial charge in [-0.25, -0.2) is 0 Å². The number of aliphatic hydroxyl groups is 5. The Morgan fingerprint density at radius 2 is 0.708 bits per heavy atom. The lowest BCUT2D eigenvalue weighted by molar-refractivity contribution is -0.302. The predicted molar refractivity (Wildman–Crippen MR) is 407 cm³/mol. The van der Waals surface area contributed by atoms with Crippen molar-refractivity contribution in [2.45, 2.75) is 448 Å². The Balaban J connectivity index is 1.92. The van der Waals surface area contributed by atoms with E-state index in [1.165, 1.54) is 308 Å². The SMILES string of the molecule is CCCCCCC/C=C/CC/C=C/CC/C=C/C(O)C(COC1OC(CO)C(O)C(O)C1O)NC(=O)CCCCCCCCCCCCCCCCCCC/C=C\C/C=C\CCCCCCCCCCCCCCCCCOC(=O)CCCCCCCCCCCCCCCC. The number of amides is 1. The van der Waals surface area contributed by atoms with Crippen molar-refractivity contribution in [2.75, 3.05) is 19.8 Å². The van der Waals surface area contributed by atoms with Gasteiger partial charge in [-0.15, -0.1) is 0 Å². The molecule has 1 amide bonds. The number of rotatable bonds is 74. The smallest absolute Gasteiger partial charge is 0.305 e. The zero-order valence-electron chi connectivity index (χ0n) is 62.8. The summed E-state index contributed by atoms with van der Waals surface area (Å²) in [6.07, 6.45) is 89.8. The summed E-state index contributed by atoms with van der Waals surface area (Å²) in [7, 11) is 0. The van der Waals surface area contributed by atoms with E-state index in [4.69, 9.17) is 14.2 Å². The molecule has 11 nitrogen and oxygen atoms in total. The number of hydrogen-bond acceptors (Lipinski definition) is 10. The minimum absolute atomic E-state index is 0.0170. The van der Waals surface area contributed by atoms with Gasteiger partial charge >= 0.3 is 5.97 Å². The first-order chi connectivity index (χ1) is 47.2. The lowest BCUT2D eigenvalue weighted by atomic mass is 9.99. The van der Waals surface area contributed by atoms with Crippen LogP contribution in [0.1, 0.15) is 406 Å². The Labute approximate surface area is 592 Å². The van der Waals surface area contributed by atoms with Crippen molar-refractivity contribution < 1.29 is 49.3 Å². The zero-order valence-corrected chi connectivity index (χ0v) is 62.8. The van der Waals surface area contributed by atoms with Crippen LogP contribution in [-0.4, -0.2) is 100 Å². The van der Waals surface area contributed by atoms with Crippen molar-refractivity contribution in [3.63, 3.8) is 0 Å². The highest BCUT2D eigenvalue weighted by molar-refractivity contribution is 5.76. The molecule has 1 rings (SSSR count). The summed E-state index contributed by atoms with van der Waals surface area (Å²) >= 11 is 0. The number of esters is 1.